The number of ether oxygens (including phenoxy) is 1. The van der Waals surface area contributed by atoms with Gasteiger partial charge in [-0.1, -0.05) is 60.7 Å². The second-order valence-electron chi connectivity index (χ2n) is 6.30. The predicted octanol–water partition coefficient (Wildman–Crippen LogP) is 4.16. The molecule has 142 valence electrons. The van der Waals surface area contributed by atoms with E-state index in [2.05, 4.69) is 24.3 Å². The Morgan fingerprint density at radius 1 is 1.00 bits per heavy atom. The van der Waals surface area contributed by atoms with Crippen LogP contribution in [0.5, 0.6) is 0 Å². The molecule has 2 aromatic carbocycles. The van der Waals surface area contributed by atoms with Crippen molar-refractivity contribution in [1.82, 2.24) is 0 Å². The molecule has 0 radical (unpaired) electrons. The van der Waals surface area contributed by atoms with Crippen LogP contribution in [0.1, 0.15) is 31.1 Å². The van der Waals surface area contributed by atoms with Gasteiger partial charge in [-0.2, -0.15) is 13.2 Å². The van der Waals surface area contributed by atoms with E-state index < -0.39 is 12.1 Å². The maximum atomic E-state index is 10.6. The molecule has 0 saturated heterocycles. The zero-order valence-corrected chi connectivity index (χ0v) is 14.5. The normalized spacial score (nSPS) is 11.7. The minimum absolute atomic E-state index is 0.0646. The molecule has 2 aromatic rings. The molecule has 0 aliphatic rings. The van der Waals surface area contributed by atoms with Crippen molar-refractivity contribution in [3.63, 3.8) is 0 Å². The van der Waals surface area contributed by atoms with Crippen molar-refractivity contribution in [3.8, 4) is 0 Å². The van der Waals surface area contributed by atoms with Crippen molar-refractivity contribution >= 4 is 5.97 Å². The quantitative estimate of drug-likeness (QED) is 0.830. The highest BCUT2D eigenvalue weighted by atomic mass is 19.4. The van der Waals surface area contributed by atoms with Crippen molar-refractivity contribution in [2.24, 2.45) is 5.73 Å². The summed E-state index contributed by atoms with van der Waals surface area (Å²) in [5, 5.41) is 7.12. The van der Waals surface area contributed by atoms with Crippen LogP contribution in [0.15, 0.2) is 60.7 Å². The Morgan fingerprint density at radius 3 is 1.62 bits per heavy atom. The number of alkyl halides is 3. The molecule has 0 heterocycles. The first-order valence-electron chi connectivity index (χ1n) is 7.81. The van der Waals surface area contributed by atoms with Crippen LogP contribution >= 0.6 is 0 Å². The molecule has 2 rings (SSSR count). The van der Waals surface area contributed by atoms with Crippen LogP contribution in [0.4, 0.5) is 13.2 Å². The molecule has 0 amide bonds. The van der Waals surface area contributed by atoms with Gasteiger partial charge in [-0.05, 0) is 25.0 Å². The van der Waals surface area contributed by atoms with Gasteiger partial charge in [0.25, 0.3) is 0 Å². The summed E-state index contributed by atoms with van der Waals surface area (Å²) in [7, 11) is 0. The number of hydrogen-bond donors (Lipinski definition) is 2. The third kappa shape index (κ3) is 8.13. The maximum absolute atomic E-state index is 10.6. The van der Waals surface area contributed by atoms with Crippen LogP contribution in [0.25, 0.3) is 0 Å². The highest BCUT2D eigenvalue weighted by Gasteiger charge is 2.38. The van der Waals surface area contributed by atoms with Gasteiger partial charge in [0.15, 0.2) is 0 Å². The molecular weight excluding hydrogens is 347 g/mol. The summed E-state index contributed by atoms with van der Waals surface area (Å²) in [6, 6.07) is 20.5. The summed E-state index contributed by atoms with van der Waals surface area (Å²) in [5.74, 6) is -2.76. The molecule has 0 unspecified atom stereocenters. The molecule has 0 spiro atoms. The van der Waals surface area contributed by atoms with E-state index in [1.807, 2.05) is 50.2 Å². The maximum Gasteiger partial charge on any atom is 0.490 e. The summed E-state index contributed by atoms with van der Waals surface area (Å²) in [5.41, 5.74) is 7.99. The highest BCUT2D eigenvalue weighted by molar-refractivity contribution is 5.73. The second-order valence-corrected chi connectivity index (χ2v) is 6.30. The number of halogens is 3. The lowest BCUT2D eigenvalue weighted by molar-refractivity contribution is -0.192. The number of nitrogens with two attached hydrogens (primary N) is 1. The molecule has 0 bridgehead atoms. The molecule has 0 aliphatic carbocycles. The number of benzene rings is 2. The largest absolute Gasteiger partial charge is 0.490 e. The fraction of sp³-hybridized carbons (Fsp3) is 0.316. The van der Waals surface area contributed by atoms with Gasteiger partial charge in [-0.3, -0.25) is 0 Å². The second kappa shape index (κ2) is 9.35. The zero-order valence-electron chi connectivity index (χ0n) is 14.5. The van der Waals surface area contributed by atoms with Crippen LogP contribution in [0, 0.1) is 0 Å². The van der Waals surface area contributed by atoms with Crippen molar-refractivity contribution in [2.75, 3.05) is 6.61 Å². The summed E-state index contributed by atoms with van der Waals surface area (Å²) in [6.07, 6.45) is -5.15. The van der Waals surface area contributed by atoms with Gasteiger partial charge in [0, 0.05) is 5.54 Å². The van der Waals surface area contributed by atoms with E-state index in [1.165, 1.54) is 0 Å². The molecule has 26 heavy (non-hydrogen) atoms. The van der Waals surface area contributed by atoms with Crippen molar-refractivity contribution in [3.05, 3.63) is 71.8 Å². The van der Waals surface area contributed by atoms with Gasteiger partial charge < -0.3 is 15.6 Å². The van der Waals surface area contributed by atoms with Crippen molar-refractivity contribution in [1.29, 1.82) is 0 Å². The van der Waals surface area contributed by atoms with Crippen LogP contribution < -0.4 is 5.73 Å². The van der Waals surface area contributed by atoms with Gasteiger partial charge in [0.05, 0.1) is 6.61 Å². The van der Waals surface area contributed by atoms with E-state index in [0.717, 1.165) is 11.1 Å². The van der Waals surface area contributed by atoms with Crippen LogP contribution in [0.3, 0.4) is 0 Å². The smallest absolute Gasteiger partial charge is 0.475 e. The van der Waals surface area contributed by atoms with Crippen LogP contribution in [0.2, 0.25) is 0 Å². The number of carboxylic acids is 1. The number of hydrogen-bond acceptors (Lipinski definition) is 3. The minimum Gasteiger partial charge on any atom is -0.475 e. The summed E-state index contributed by atoms with van der Waals surface area (Å²) < 4.78 is 37.8. The minimum atomic E-state index is -5.08. The SMILES string of the molecule is CC(C)(N)COC(c1ccccc1)c1ccccc1.O=C(O)C(F)(F)F. The number of rotatable bonds is 5. The first kappa shape index (κ1) is 21.7. The number of aliphatic carboxylic acids is 1. The summed E-state index contributed by atoms with van der Waals surface area (Å²) in [4.78, 5) is 8.90. The van der Waals surface area contributed by atoms with Gasteiger partial charge in [-0.15, -0.1) is 0 Å². The lowest BCUT2D eigenvalue weighted by atomic mass is 10.0. The standard InChI is InChI=1S/C17H21NO.C2HF3O2/c1-17(2,18)13-19-16(14-9-5-3-6-10-14)15-11-7-4-8-12-15;3-2(4,5)1(6)7/h3-12,16H,13,18H2,1-2H3;(H,6,7). The first-order valence-corrected chi connectivity index (χ1v) is 7.81. The lowest BCUT2D eigenvalue weighted by Crippen LogP contribution is -2.38. The average Bonchev–Trinajstić information content (AvgIpc) is 2.56. The fourth-order valence-electron chi connectivity index (χ4n) is 1.94. The lowest BCUT2D eigenvalue weighted by Gasteiger charge is -2.25. The Morgan fingerprint density at radius 2 is 1.35 bits per heavy atom. The third-order valence-electron chi connectivity index (χ3n) is 3.07. The van der Waals surface area contributed by atoms with Crippen LogP contribution in [-0.4, -0.2) is 29.4 Å². The van der Waals surface area contributed by atoms with Crippen LogP contribution in [-0.2, 0) is 9.53 Å². The molecule has 0 saturated carbocycles. The third-order valence-corrected chi connectivity index (χ3v) is 3.07. The molecule has 7 heteroatoms. The molecule has 0 atom stereocenters. The van der Waals surface area contributed by atoms with E-state index in [-0.39, 0.29) is 11.6 Å². The Kier molecular flexibility index (Phi) is 7.79. The fourth-order valence-corrected chi connectivity index (χ4v) is 1.94. The highest BCUT2D eigenvalue weighted by Crippen LogP contribution is 2.26. The van der Waals surface area contributed by atoms with Crippen molar-refractivity contribution in [2.45, 2.75) is 31.7 Å². The number of carboxylic acid groups (broad SMARTS) is 1. The molecular formula is C19H22F3NO3. The predicted molar refractivity (Wildman–Crippen MR) is 92.6 cm³/mol. The first-order chi connectivity index (χ1) is 12.0. The Balaban J connectivity index is 0.000000412. The summed E-state index contributed by atoms with van der Waals surface area (Å²) >= 11 is 0. The Hall–Kier alpha value is -2.38. The summed E-state index contributed by atoms with van der Waals surface area (Å²) in [6.45, 7) is 4.46. The Bertz CT molecular complexity index is 628. The molecule has 3 N–H and O–H groups in total. The van der Waals surface area contributed by atoms with Gasteiger partial charge in [0.1, 0.15) is 6.10 Å². The molecule has 0 fully saturated rings. The molecule has 0 aliphatic heterocycles. The van der Waals surface area contributed by atoms with Gasteiger partial charge in [0.2, 0.25) is 0 Å². The van der Waals surface area contributed by atoms with E-state index in [0.29, 0.717) is 6.61 Å². The van der Waals surface area contributed by atoms with E-state index >= 15 is 0 Å². The van der Waals surface area contributed by atoms with E-state index in [4.69, 9.17) is 20.4 Å². The Labute approximate surface area is 150 Å². The number of carbonyl (C=O) groups is 1. The topological polar surface area (TPSA) is 72.5 Å². The zero-order chi connectivity index (χ0) is 19.8. The van der Waals surface area contributed by atoms with Crippen molar-refractivity contribution < 1.29 is 27.8 Å². The average molecular weight is 369 g/mol. The molecule has 4 nitrogen and oxygen atoms in total. The van der Waals surface area contributed by atoms with Gasteiger partial charge >= 0.3 is 12.1 Å². The van der Waals surface area contributed by atoms with E-state index in [1.54, 1.807) is 0 Å². The molecule has 0 aromatic heterocycles. The van der Waals surface area contributed by atoms with Gasteiger partial charge in [-0.25, -0.2) is 4.79 Å². The van der Waals surface area contributed by atoms with E-state index in [9.17, 15) is 13.2 Å². The monoisotopic (exact) mass is 369 g/mol.